The lowest BCUT2D eigenvalue weighted by Gasteiger charge is -2.33. The van der Waals surface area contributed by atoms with Gasteiger partial charge in [0.2, 0.25) is 0 Å². The van der Waals surface area contributed by atoms with E-state index in [0.717, 1.165) is 43.6 Å². The number of nitrogens with zero attached hydrogens (tertiary/aromatic N) is 1. The van der Waals surface area contributed by atoms with Crippen molar-refractivity contribution in [3.05, 3.63) is 35.4 Å². The van der Waals surface area contributed by atoms with E-state index in [1.807, 2.05) is 20.8 Å². The number of piperidine rings is 1. The number of carbonyl (C=O) groups is 1. The number of likely N-dealkylation sites (tertiary alicyclic amines) is 1. The van der Waals surface area contributed by atoms with Gasteiger partial charge in [-0.3, -0.25) is 4.90 Å². The van der Waals surface area contributed by atoms with Gasteiger partial charge in [0.25, 0.3) is 0 Å². The van der Waals surface area contributed by atoms with Gasteiger partial charge in [-0.05, 0) is 63.8 Å². The third-order valence-corrected chi connectivity index (χ3v) is 4.22. The van der Waals surface area contributed by atoms with Crippen LogP contribution in [0.5, 0.6) is 0 Å². The van der Waals surface area contributed by atoms with Crippen molar-refractivity contribution in [1.82, 2.24) is 10.2 Å². The molecule has 1 saturated heterocycles. The molecule has 0 spiro atoms. The molecule has 7 heteroatoms. The first-order valence-electron chi connectivity index (χ1n) is 8.88. The zero-order valence-electron chi connectivity index (χ0n) is 15.5. The molecule has 0 saturated carbocycles. The van der Waals surface area contributed by atoms with Crippen molar-refractivity contribution in [3.63, 3.8) is 0 Å². The fraction of sp³-hybridized carbons (Fsp3) is 0.632. The summed E-state index contributed by atoms with van der Waals surface area (Å²) < 4.78 is 43.1. The zero-order valence-corrected chi connectivity index (χ0v) is 15.5. The number of benzene rings is 1. The topological polar surface area (TPSA) is 41.6 Å². The second-order valence-electron chi connectivity index (χ2n) is 7.82. The molecule has 1 N–H and O–H groups in total. The second-order valence-corrected chi connectivity index (χ2v) is 7.82. The van der Waals surface area contributed by atoms with E-state index in [2.05, 4.69) is 10.2 Å². The number of ether oxygens (including phenoxy) is 1. The van der Waals surface area contributed by atoms with Crippen LogP contribution in [0.15, 0.2) is 24.3 Å². The highest BCUT2D eigenvalue weighted by atomic mass is 19.4. The predicted molar refractivity (Wildman–Crippen MR) is 93.7 cm³/mol. The molecule has 1 unspecified atom stereocenters. The van der Waals surface area contributed by atoms with Gasteiger partial charge < -0.3 is 10.1 Å². The van der Waals surface area contributed by atoms with Gasteiger partial charge in [0, 0.05) is 19.6 Å². The smallest absolute Gasteiger partial charge is 0.416 e. The van der Waals surface area contributed by atoms with Crippen molar-refractivity contribution < 1.29 is 22.7 Å². The van der Waals surface area contributed by atoms with Crippen LogP contribution < -0.4 is 5.32 Å². The molecule has 1 aromatic carbocycles. The predicted octanol–water partition coefficient (Wildman–Crippen LogP) is 4.44. The largest absolute Gasteiger partial charge is 0.444 e. The Morgan fingerprint density at radius 3 is 2.46 bits per heavy atom. The van der Waals surface area contributed by atoms with Gasteiger partial charge in [-0.1, -0.05) is 12.1 Å². The molecule has 26 heavy (non-hydrogen) atoms. The van der Waals surface area contributed by atoms with Crippen LogP contribution >= 0.6 is 0 Å². The highest BCUT2D eigenvalue weighted by molar-refractivity contribution is 5.67. The van der Waals surface area contributed by atoms with Crippen LogP contribution in [0.2, 0.25) is 0 Å². The van der Waals surface area contributed by atoms with Crippen LogP contribution in [-0.2, 0) is 17.5 Å². The minimum atomic E-state index is -4.30. The van der Waals surface area contributed by atoms with E-state index >= 15 is 0 Å². The molecule has 1 fully saturated rings. The maximum atomic E-state index is 12.6. The van der Waals surface area contributed by atoms with Crippen LogP contribution in [0.3, 0.4) is 0 Å². The Morgan fingerprint density at radius 1 is 1.23 bits per heavy atom. The molecule has 1 aromatic rings. The first kappa shape index (κ1) is 20.6. The van der Waals surface area contributed by atoms with Crippen LogP contribution in [0.25, 0.3) is 0 Å². The van der Waals surface area contributed by atoms with E-state index in [4.69, 9.17) is 4.74 Å². The van der Waals surface area contributed by atoms with Gasteiger partial charge in [-0.25, -0.2) is 4.79 Å². The van der Waals surface area contributed by atoms with Gasteiger partial charge in [0.05, 0.1) is 5.56 Å². The minimum Gasteiger partial charge on any atom is -0.444 e. The maximum absolute atomic E-state index is 12.6. The van der Waals surface area contributed by atoms with Gasteiger partial charge >= 0.3 is 12.3 Å². The van der Waals surface area contributed by atoms with E-state index < -0.39 is 23.4 Å². The average Bonchev–Trinajstić information content (AvgIpc) is 2.51. The molecule has 4 nitrogen and oxygen atoms in total. The van der Waals surface area contributed by atoms with Crippen molar-refractivity contribution >= 4 is 6.09 Å². The summed E-state index contributed by atoms with van der Waals surface area (Å²) in [6.45, 7) is 8.32. The molecule has 1 aliphatic rings. The summed E-state index contributed by atoms with van der Waals surface area (Å²) in [7, 11) is 0. The number of alkyl carbamates (subject to hydrolysis) is 1. The van der Waals surface area contributed by atoms with E-state index in [1.54, 1.807) is 0 Å². The molecule has 2 rings (SSSR count). The normalized spacial score (nSPS) is 19.2. The lowest BCUT2D eigenvalue weighted by Crippen LogP contribution is -2.41. The number of hydrogen-bond acceptors (Lipinski definition) is 3. The molecule has 0 aromatic heterocycles. The quantitative estimate of drug-likeness (QED) is 0.849. The maximum Gasteiger partial charge on any atom is 0.416 e. The number of amides is 1. The summed E-state index contributed by atoms with van der Waals surface area (Å²) in [4.78, 5) is 14.0. The summed E-state index contributed by atoms with van der Waals surface area (Å²) in [5.41, 5.74) is -0.288. The van der Waals surface area contributed by atoms with Gasteiger partial charge in [0.15, 0.2) is 0 Å². The van der Waals surface area contributed by atoms with E-state index in [9.17, 15) is 18.0 Å². The molecule has 0 bridgehead atoms. The SMILES string of the molecule is CC(C)(C)OC(=O)NCC1CCCN(Cc2ccc(C(F)(F)F)cc2)C1. The molecule has 1 atom stereocenters. The first-order valence-corrected chi connectivity index (χ1v) is 8.88. The Balaban J connectivity index is 1.82. The molecule has 1 amide bonds. The molecule has 0 aliphatic carbocycles. The second kappa shape index (κ2) is 8.29. The zero-order chi connectivity index (χ0) is 19.4. The minimum absolute atomic E-state index is 0.311. The number of carbonyl (C=O) groups excluding carboxylic acids is 1. The summed E-state index contributed by atoms with van der Waals surface area (Å²) >= 11 is 0. The molecular formula is C19H27F3N2O2. The molecule has 0 radical (unpaired) electrons. The Labute approximate surface area is 152 Å². The fourth-order valence-corrected chi connectivity index (χ4v) is 3.06. The monoisotopic (exact) mass is 372 g/mol. The van der Waals surface area contributed by atoms with Crippen molar-refractivity contribution in [2.75, 3.05) is 19.6 Å². The lowest BCUT2D eigenvalue weighted by molar-refractivity contribution is -0.137. The van der Waals surface area contributed by atoms with Crippen molar-refractivity contribution in [2.45, 2.75) is 51.9 Å². The molecule has 146 valence electrons. The third-order valence-electron chi connectivity index (χ3n) is 4.22. The average molecular weight is 372 g/mol. The van der Waals surface area contributed by atoms with Crippen LogP contribution in [0.4, 0.5) is 18.0 Å². The van der Waals surface area contributed by atoms with Gasteiger partial charge in [0.1, 0.15) is 5.60 Å². The Bertz CT molecular complexity index is 594. The highest BCUT2D eigenvalue weighted by Crippen LogP contribution is 2.29. The third kappa shape index (κ3) is 6.86. The first-order chi connectivity index (χ1) is 12.0. The summed E-state index contributed by atoms with van der Waals surface area (Å²) in [6.07, 6.45) is -2.71. The van der Waals surface area contributed by atoms with Crippen molar-refractivity contribution in [2.24, 2.45) is 5.92 Å². The standard InChI is InChI=1S/C19H27F3N2O2/c1-18(2,3)26-17(25)23-11-15-5-4-10-24(13-15)12-14-6-8-16(9-7-14)19(20,21)22/h6-9,15H,4-5,10-13H2,1-3H3,(H,23,25). The molecule has 1 aliphatic heterocycles. The fourth-order valence-electron chi connectivity index (χ4n) is 3.06. The summed E-state index contributed by atoms with van der Waals surface area (Å²) in [5, 5.41) is 2.80. The number of halogens is 3. The molecule has 1 heterocycles. The number of nitrogens with one attached hydrogen (secondary N) is 1. The van der Waals surface area contributed by atoms with Crippen LogP contribution in [-0.4, -0.2) is 36.2 Å². The number of alkyl halides is 3. The van der Waals surface area contributed by atoms with Crippen molar-refractivity contribution in [1.29, 1.82) is 0 Å². The summed E-state index contributed by atoms with van der Waals surface area (Å²) in [5.74, 6) is 0.311. The number of hydrogen-bond donors (Lipinski definition) is 1. The Hall–Kier alpha value is -1.76. The van der Waals surface area contributed by atoms with E-state index in [-0.39, 0.29) is 0 Å². The van der Waals surface area contributed by atoms with Gasteiger partial charge in [-0.15, -0.1) is 0 Å². The Morgan fingerprint density at radius 2 is 1.88 bits per heavy atom. The highest BCUT2D eigenvalue weighted by Gasteiger charge is 2.30. The van der Waals surface area contributed by atoms with Crippen LogP contribution in [0.1, 0.15) is 44.7 Å². The van der Waals surface area contributed by atoms with Crippen LogP contribution in [0, 0.1) is 5.92 Å². The Kier molecular flexibility index (Phi) is 6.55. The molecular weight excluding hydrogens is 345 g/mol. The lowest BCUT2D eigenvalue weighted by atomic mass is 9.97. The number of rotatable bonds is 4. The van der Waals surface area contributed by atoms with E-state index in [1.165, 1.54) is 12.1 Å². The van der Waals surface area contributed by atoms with Gasteiger partial charge in [-0.2, -0.15) is 13.2 Å². The van der Waals surface area contributed by atoms with E-state index in [0.29, 0.717) is 19.0 Å². The summed E-state index contributed by atoms with van der Waals surface area (Å²) in [6, 6.07) is 5.32. The van der Waals surface area contributed by atoms with Crippen molar-refractivity contribution in [3.8, 4) is 0 Å².